The van der Waals surface area contributed by atoms with Gasteiger partial charge in [0.25, 0.3) is 10.1 Å². The summed E-state index contributed by atoms with van der Waals surface area (Å²) < 4.78 is 32.1. The van der Waals surface area contributed by atoms with Gasteiger partial charge in [0.05, 0.1) is 4.90 Å². The summed E-state index contributed by atoms with van der Waals surface area (Å²) in [7, 11) is -4.33. The maximum atomic E-state index is 11.4. The highest BCUT2D eigenvalue weighted by molar-refractivity contribution is 7.85. The third-order valence-corrected chi connectivity index (χ3v) is 5.04. The van der Waals surface area contributed by atoms with Crippen molar-refractivity contribution in [1.29, 1.82) is 0 Å². The number of hydrogen-bond donors (Lipinski definition) is 2. The molecule has 0 bridgehead atoms. The van der Waals surface area contributed by atoms with Gasteiger partial charge in [-0.25, -0.2) is 0 Å². The summed E-state index contributed by atoms with van der Waals surface area (Å²) in [5.74, 6) is -0.959. The molecule has 2 rings (SSSR count). The zero-order valence-corrected chi connectivity index (χ0v) is 15.7. The Morgan fingerprint density at radius 3 is 2.42 bits per heavy atom. The third kappa shape index (κ3) is 5.31. The van der Waals surface area contributed by atoms with Crippen LogP contribution in [0.15, 0.2) is 47.4 Å². The van der Waals surface area contributed by atoms with E-state index in [1.807, 2.05) is 32.0 Å². The average Bonchev–Trinajstić information content (AvgIpc) is 2.57. The molecule has 0 aliphatic heterocycles. The summed E-state index contributed by atoms with van der Waals surface area (Å²) >= 11 is 0. The highest BCUT2D eigenvalue weighted by atomic mass is 32.2. The minimum absolute atomic E-state index is 0.113. The van der Waals surface area contributed by atoms with Gasteiger partial charge in [-0.2, -0.15) is 8.42 Å². The lowest BCUT2D eigenvalue weighted by atomic mass is 10.0. The molecule has 0 amide bonds. The fourth-order valence-electron chi connectivity index (χ4n) is 2.81. The van der Waals surface area contributed by atoms with Crippen LogP contribution in [0.25, 0.3) is 0 Å². The number of carbonyl (C=O) groups is 1. The van der Waals surface area contributed by atoms with Gasteiger partial charge in [-0.15, -0.1) is 0 Å². The highest BCUT2D eigenvalue weighted by Gasteiger charge is 2.15. The molecule has 2 N–H and O–H groups in total. The number of rotatable bonds is 8. The monoisotopic (exact) mass is 377 g/mol. The molecule has 0 heterocycles. The average molecular weight is 377 g/mol. The Kier molecular flexibility index (Phi) is 6.39. The van der Waals surface area contributed by atoms with E-state index in [1.54, 1.807) is 6.07 Å². The highest BCUT2D eigenvalue weighted by Crippen LogP contribution is 2.23. The van der Waals surface area contributed by atoms with Crippen molar-refractivity contribution in [2.24, 2.45) is 0 Å². The number of anilines is 1. The Hall–Kier alpha value is -2.38. The molecule has 0 aliphatic carbocycles. The van der Waals surface area contributed by atoms with E-state index >= 15 is 0 Å². The fraction of sp³-hybridized carbons (Fsp3) is 0.316. The van der Waals surface area contributed by atoms with Gasteiger partial charge in [-0.05, 0) is 61.2 Å². The van der Waals surface area contributed by atoms with E-state index in [4.69, 9.17) is 5.11 Å². The van der Waals surface area contributed by atoms with Crippen LogP contribution in [-0.2, 0) is 27.9 Å². The van der Waals surface area contributed by atoms with Crippen LogP contribution in [-0.4, -0.2) is 30.6 Å². The maximum Gasteiger partial charge on any atom is 0.303 e. The number of benzene rings is 2. The zero-order chi connectivity index (χ0) is 19.3. The number of aryl methyl sites for hydroxylation is 2. The van der Waals surface area contributed by atoms with Crippen molar-refractivity contribution in [2.45, 2.75) is 38.1 Å². The molecule has 140 valence electrons. The molecule has 2 aromatic rings. The smallest absolute Gasteiger partial charge is 0.303 e. The quantitative estimate of drug-likeness (QED) is 0.686. The van der Waals surface area contributed by atoms with Crippen molar-refractivity contribution in [2.75, 3.05) is 11.4 Å². The molecule has 0 unspecified atom stereocenters. The zero-order valence-electron chi connectivity index (χ0n) is 14.8. The number of aliphatic carboxylic acids is 1. The maximum absolute atomic E-state index is 11.4. The van der Waals surface area contributed by atoms with Gasteiger partial charge in [-0.3, -0.25) is 9.35 Å². The standard InChI is InChI=1S/C19H23NO5S/c1-3-20(17-6-4-5-14(2)11-17)13-16-7-9-18(26(23,24)25)12-15(16)8-10-19(21)22/h4-7,9,11-12H,3,8,10,13H2,1-2H3,(H,21,22)(H,23,24,25). The van der Waals surface area contributed by atoms with Crippen LogP contribution in [0.4, 0.5) is 5.69 Å². The molecule has 0 saturated heterocycles. The molecule has 0 saturated carbocycles. The summed E-state index contributed by atoms with van der Waals surface area (Å²) in [5, 5.41) is 8.95. The second-order valence-electron chi connectivity index (χ2n) is 6.15. The fourth-order valence-corrected chi connectivity index (χ4v) is 3.34. The van der Waals surface area contributed by atoms with Gasteiger partial charge in [0.1, 0.15) is 0 Å². The topological polar surface area (TPSA) is 94.9 Å². The molecule has 0 atom stereocenters. The first-order valence-corrected chi connectivity index (χ1v) is 9.77. The second-order valence-corrected chi connectivity index (χ2v) is 7.57. The van der Waals surface area contributed by atoms with E-state index in [0.717, 1.165) is 23.4 Å². The molecule has 0 radical (unpaired) electrons. The number of carboxylic acid groups (broad SMARTS) is 1. The Labute approximate surface area is 153 Å². The van der Waals surface area contributed by atoms with Crippen LogP contribution < -0.4 is 4.90 Å². The van der Waals surface area contributed by atoms with Crippen LogP contribution in [0.2, 0.25) is 0 Å². The summed E-state index contributed by atoms with van der Waals surface area (Å²) in [6, 6.07) is 12.4. The lowest BCUT2D eigenvalue weighted by Crippen LogP contribution is -2.23. The van der Waals surface area contributed by atoms with Crippen LogP contribution in [0.1, 0.15) is 30.0 Å². The molecule has 0 fully saturated rings. The van der Waals surface area contributed by atoms with Crippen LogP contribution >= 0.6 is 0 Å². The first-order chi connectivity index (χ1) is 12.2. The van der Waals surface area contributed by atoms with E-state index in [0.29, 0.717) is 12.1 Å². The normalized spacial score (nSPS) is 11.3. The Morgan fingerprint density at radius 1 is 1.12 bits per heavy atom. The minimum Gasteiger partial charge on any atom is -0.481 e. The van der Waals surface area contributed by atoms with Crippen molar-refractivity contribution in [3.05, 3.63) is 59.2 Å². The number of nitrogens with zero attached hydrogens (tertiary/aromatic N) is 1. The summed E-state index contributed by atoms with van der Waals surface area (Å²) in [6.07, 6.45) is 0.0812. The van der Waals surface area contributed by atoms with Gasteiger partial charge < -0.3 is 10.0 Å². The van der Waals surface area contributed by atoms with Crippen molar-refractivity contribution in [3.8, 4) is 0 Å². The van der Waals surface area contributed by atoms with Crippen molar-refractivity contribution < 1.29 is 22.9 Å². The first kappa shape index (κ1) is 19.9. The van der Waals surface area contributed by atoms with E-state index in [9.17, 15) is 17.8 Å². The van der Waals surface area contributed by atoms with E-state index < -0.39 is 16.1 Å². The molecule has 6 nitrogen and oxygen atoms in total. The van der Waals surface area contributed by atoms with E-state index in [1.165, 1.54) is 12.1 Å². The third-order valence-electron chi connectivity index (χ3n) is 4.19. The molecule has 2 aromatic carbocycles. The van der Waals surface area contributed by atoms with E-state index in [-0.39, 0.29) is 17.7 Å². The molecule has 26 heavy (non-hydrogen) atoms. The van der Waals surface area contributed by atoms with Gasteiger partial charge in [0.2, 0.25) is 0 Å². The Balaban J connectivity index is 2.37. The van der Waals surface area contributed by atoms with E-state index in [2.05, 4.69) is 11.0 Å². The minimum atomic E-state index is -4.33. The summed E-state index contributed by atoms with van der Waals surface area (Å²) in [4.78, 5) is 12.8. The summed E-state index contributed by atoms with van der Waals surface area (Å²) in [6.45, 7) is 5.28. The molecular weight excluding hydrogens is 354 g/mol. The lowest BCUT2D eigenvalue weighted by Gasteiger charge is -2.25. The predicted molar refractivity (Wildman–Crippen MR) is 100 cm³/mol. The Bertz CT molecular complexity index is 893. The number of hydrogen-bond acceptors (Lipinski definition) is 4. The van der Waals surface area contributed by atoms with Crippen molar-refractivity contribution in [3.63, 3.8) is 0 Å². The molecule has 0 spiro atoms. The lowest BCUT2D eigenvalue weighted by molar-refractivity contribution is -0.136. The van der Waals surface area contributed by atoms with Crippen molar-refractivity contribution >= 4 is 21.8 Å². The second kappa shape index (κ2) is 8.33. The summed E-state index contributed by atoms with van der Waals surface area (Å²) in [5.41, 5.74) is 3.61. The largest absolute Gasteiger partial charge is 0.481 e. The van der Waals surface area contributed by atoms with Crippen LogP contribution in [0.3, 0.4) is 0 Å². The van der Waals surface area contributed by atoms with Crippen LogP contribution in [0, 0.1) is 6.92 Å². The van der Waals surface area contributed by atoms with Gasteiger partial charge in [-0.1, -0.05) is 18.2 Å². The molecular formula is C19H23NO5S. The van der Waals surface area contributed by atoms with Gasteiger partial charge in [0, 0.05) is 25.2 Å². The van der Waals surface area contributed by atoms with Crippen molar-refractivity contribution in [1.82, 2.24) is 0 Å². The Morgan fingerprint density at radius 2 is 1.85 bits per heavy atom. The predicted octanol–water partition coefficient (Wildman–Crippen LogP) is 3.29. The molecule has 0 aliphatic rings. The van der Waals surface area contributed by atoms with Gasteiger partial charge >= 0.3 is 5.97 Å². The van der Waals surface area contributed by atoms with Crippen LogP contribution in [0.5, 0.6) is 0 Å². The number of carboxylic acids is 1. The van der Waals surface area contributed by atoms with Gasteiger partial charge in [0.15, 0.2) is 0 Å². The molecule has 7 heteroatoms. The first-order valence-electron chi connectivity index (χ1n) is 8.33. The molecule has 0 aromatic heterocycles. The SMILES string of the molecule is CCN(Cc1ccc(S(=O)(=O)O)cc1CCC(=O)O)c1cccc(C)c1.